The summed E-state index contributed by atoms with van der Waals surface area (Å²) in [4.78, 5) is 21.3. The molecule has 30 heavy (non-hydrogen) atoms. The number of piperidine rings is 1. The molecule has 0 aromatic carbocycles. The summed E-state index contributed by atoms with van der Waals surface area (Å²) in [5, 5.41) is 5.75. The summed E-state index contributed by atoms with van der Waals surface area (Å²) in [6.07, 6.45) is 4.83. The van der Waals surface area contributed by atoms with Crippen LogP contribution in [0.5, 0.6) is 0 Å². The highest BCUT2D eigenvalue weighted by molar-refractivity contribution is 7.09. The minimum absolute atomic E-state index is 0.0357. The number of likely N-dealkylation sites (tertiary alicyclic amines) is 1. The van der Waals surface area contributed by atoms with E-state index < -0.39 is 0 Å². The Morgan fingerprint density at radius 1 is 1.23 bits per heavy atom. The van der Waals surface area contributed by atoms with E-state index in [0.717, 1.165) is 49.5 Å². The van der Waals surface area contributed by atoms with Gasteiger partial charge in [-0.05, 0) is 63.6 Å². The molecular formula is C24H32N4OS. The molecule has 0 radical (unpaired) electrons. The Morgan fingerprint density at radius 3 is 2.67 bits per heavy atom. The zero-order chi connectivity index (χ0) is 21.3. The predicted octanol–water partition coefficient (Wildman–Crippen LogP) is 5.19. The van der Waals surface area contributed by atoms with Gasteiger partial charge < -0.3 is 10.2 Å². The van der Waals surface area contributed by atoms with Crippen LogP contribution in [0, 0.1) is 5.92 Å². The lowest BCUT2D eigenvalue weighted by atomic mass is 9.92. The number of hydrogen-bond donors (Lipinski definition) is 1. The van der Waals surface area contributed by atoms with E-state index in [-0.39, 0.29) is 17.4 Å². The van der Waals surface area contributed by atoms with Crippen molar-refractivity contribution in [2.75, 3.05) is 18.4 Å². The molecule has 0 bridgehead atoms. The van der Waals surface area contributed by atoms with Crippen LogP contribution in [0.15, 0.2) is 41.9 Å². The van der Waals surface area contributed by atoms with Crippen LogP contribution in [0.1, 0.15) is 57.0 Å². The van der Waals surface area contributed by atoms with E-state index in [1.807, 2.05) is 12.1 Å². The molecule has 1 saturated heterocycles. The fraction of sp³-hybridized carbons (Fsp3) is 0.500. The van der Waals surface area contributed by atoms with E-state index >= 15 is 0 Å². The quantitative estimate of drug-likeness (QED) is 0.613. The van der Waals surface area contributed by atoms with E-state index in [1.54, 1.807) is 11.3 Å². The number of imidazole rings is 1. The molecule has 0 saturated carbocycles. The summed E-state index contributed by atoms with van der Waals surface area (Å²) < 4.78 is 2.15. The molecule has 1 aliphatic rings. The van der Waals surface area contributed by atoms with Gasteiger partial charge in [0, 0.05) is 41.5 Å². The van der Waals surface area contributed by atoms with Crippen LogP contribution in [0.2, 0.25) is 0 Å². The van der Waals surface area contributed by atoms with Gasteiger partial charge in [0.1, 0.15) is 11.5 Å². The Kier molecular flexibility index (Phi) is 5.87. The third-order valence-corrected chi connectivity index (χ3v) is 6.65. The largest absolute Gasteiger partial charge is 0.365 e. The van der Waals surface area contributed by atoms with Crippen LogP contribution in [0.3, 0.4) is 0 Å². The number of carbonyl (C=O) groups excluding carboxylic acids is 1. The highest BCUT2D eigenvalue weighted by Crippen LogP contribution is 2.35. The van der Waals surface area contributed by atoms with E-state index in [4.69, 9.17) is 4.98 Å². The van der Waals surface area contributed by atoms with Crippen molar-refractivity contribution in [3.63, 3.8) is 0 Å². The standard InChI is InChI=1S/C24H32N4OS/c1-17(16-19-8-7-15-30-19)23(29)27-13-10-18(11-14-27)21-22(26-24(2,3)4)28-12-6-5-9-20(28)25-21/h5-9,12,15,17-18,26H,10-11,13-14,16H2,1-4H3. The highest BCUT2D eigenvalue weighted by atomic mass is 32.1. The average Bonchev–Trinajstić information content (AvgIpc) is 3.35. The number of carbonyl (C=O) groups is 1. The van der Waals surface area contributed by atoms with Crippen LogP contribution in [0.4, 0.5) is 5.82 Å². The summed E-state index contributed by atoms with van der Waals surface area (Å²) in [5.74, 6) is 1.78. The van der Waals surface area contributed by atoms with Gasteiger partial charge in [-0.2, -0.15) is 0 Å². The van der Waals surface area contributed by atoms with E-state index in [9.17, 15) is 4.79 Å². The molecule has 1 amide bonds. The Labute approximate surface area is 183 Å². The molecule has 0 aliphatic carbocycles. The van der Waals surface area contributed by atoms with Crippen LogP contribution < -0.4 is 5.32 Å². The second-order valence-electron chi connectivity index (χ2n) is 9.43. The van der Waals surface area contributed by atoms with Gasteiger partial charge in [0.2, 0.25) is 5.91 Å². The number of hydrogen-bond acceptors (Lipinski definition) is 4. The van der Waals surface area contributed by atoms with Gasteiger partial charge in [0.25, 0.3) is 0 Å². The van der Waals surface area contributed by atoms with Crippen LogP contribution in [-0.4, -0.2) is 38.8 Å². The molecule has 1 atom stereocenters. The number of thiophene rings is 1. The molecule has 1 unspecified atom stereocenters. The number of anilines is 1. The van der Waals surface area contributed by atoms with Crippen molar-refractivity contribution in [1.29, 1.82) is 0 Å². The van der Waals surface area contributed by atoms with Crippen LogP contribution >= 0.6 is 11.3 Å². The smallest absolute Gasteiger partial charge is 0.225 e. The maximum Gasteiger partial charge on any atom is 0.225 e. The van der Waals surface area contributed by atoms with E-state index in [0.29, 0.717) is 5.92 Å². The van der Waals surface area contributed by atoms with Crippen molar-refractivity contribution >= 4 is 28.7 Å². The Morgan fingerprint density at radius 2 is 2.00 bits per heavy atom. The number of fused-ring (bicyclic) bond motifs is 1. The Hall–Kier alpha value is -2.34. The van der Waals surface area contributed by atoms with Gasteiger partial charge in [-0.25, -0.2) is 4.98 Å². The first-order valence-corrected chi connectivity index (χ1v) is 11.8. The van der Waals surface area contributed by atoms with Gasteiger partial charge >= 0.3 is 0 Å². The number of aromatic nitrogens is 2. The molecule has 3 aromatic heterocycles. The summed E-state index contributed by atoms with van der Waals surface area (Å²) >= 11 is 1.73. The average molecular weight is 425 g/mol. The van der Waals surface area contributed by atoms with Gasteiger partial charge in [-0.15, -0.1) is 11.3 Å². The number of amides is 1. The summed E-state index contributed by atoms with van der Waals surface area (Å²) in [6.45, 7) is 10.2. The zero-order valence-electron chi connectivity index (χ0n) is 18.4. The van der Waals surface area contributed by atoms with E-state index in [2.05, 4.69) is 72.1 Å². The van der Waals surface area contributed by atoms with Crippen LogP contribution in [-0.2, 0) is 11.2 Å². The molecule has 0 spiro atoms. The fourth-order valence-electron chi connectivity index (χ4n) is 4.28. The molecular weight excluding hydrogens is 392 g/mol. The van der Waals surface area contributed by atoms with Crippen molar-refractivity contribution in [1.82, 2.24) is 14.3 Å². The van der Waals surface area contributed by atoms with Crippen molar-refractivity contribution in [3.8, 4) is 0 Å². The van der Waals surface area contributed by atoms with Crippen molar-refractivity contribution in [2.24, 2.45) is 5.92 Å². The monoisotopic (exact) mass is 424 g/mol. The molecule has 1 aliphatic heterocycles. The molecule has 4 heterocycles. The second kappa shape index (κ2) is 8.42. The molecule has 3 aromatic rings. The number of pyridine rings is 1. The minimum atomic E-state index is -0.0472. The fourth-order valence-corrected chi connectivity index (χ4v) is 5.12. The van der Waals surface area contributed by atoms with Crippen molar-refractivity contribution in [3.05, 3.63) is 52.5 Å². The van der Waals surface area contributed by atoms with E-state index in [1.165, 1.54) is 4.88 Å². The van der Waals surface area contributed by atoms with Gasteiger partial charge in [-0.1, -0.05) is 19.1 Å². The normalized spacial score (nSPS) is 16.7. The minimum Gasteiger partial charge on any atom is -0.365 e. The lowest BCUT2D eigenvalue weighted by molar-refractivity contribution is -0.136. The van der Waals surface area contributed by atoms with Crippen molar-refractivity contribution in [2.45, 2.75) is 58.4 Å². The molecule has 4 rings (SSSR count). The maximum atomic E-state index is 13.0. The Bertz CT molecular complexity index is 994. The lowest BCUT2D eigenvalue weighted by Gasteiger charge is -2.34. The SMILES string of the molecule is CC(Cc1cccs1)C(=O)N1CCC(c2nc3ccccn3c2NC(C)(C)C)CC1. The third-order valence-electron chi connectivity index (χ3n) is 5.75. The maximum absolute atomic E-state index is 13.0. The molecule has 5 nitrogen and oxygen atoms in total. The van der Waals surface area contributed by atoms with Crippen LogP contribution in [0.25, 0.3) is 5.65 Å². The van der Waals surface area contributed by atoms with Gasteiger partial charge in [-0.3, -0.25) is 9.20 Å². The molecule has 1 N–H and O–H groups in total. The topological polar surface area (TPSA) is 49.6 Å². The third kappa shape index (κ3) is 4.53. The molecule has 160 valence electrons. The zero-order valence-corrected chi connectivity index (χ0v) is 19.2. The second-order valence-corrected chi connectivity index (χ2v) is 10.5. The molecule has 6 heteroatoms. The number of nitrogens with zero attached hydrogens (tertiary/aromatic N) is 3. The summed E-state index contributed by atoms with van der Waals surface area (Å²) in [6, 6.07) is 10.3. The van der Waals surface area contributed by atoms with Gasteiger partial charge in [0.05, 0.1) is 5.69 Å². The summed E-state index contributed by atoms with van der Waals surface area (Å²) in [5.41, 5.74) is 2.06. The predicted molar refractivity (Wildman–Crippen MR) is 124 cm³/mol. The van der Waals surface area contributed by atoms with Gasteiger partial charge in [0.15, 0.2) is 0 Å². The first-order chi connectivity index (χ1) is 14.3. The first kappa shape index (κ1) is 20.9. The molecule has 1 fully saturated rings. The number of nitrogens with one attached hydrogen (secondary N) is 1. The lowest BCUT2D eigenvalue weighted by Crippen LogP contribution is -2.41. The summed E-state index contributed by atoms with van der Waals surface area (Å²) in [7, 11) is 0. The highest BCUT2D eigenvalue weighted by Gasteiger charge is 2.30. The van der Waals surface area contributed by atoms with Crippen molar-refractivity contribution < 1.29 is 4.79 Å². The first-order valence-electron chi connectivity index (χ1n) is 10.9. The Balaban J connectivity index is 1.47. The number of rotatable bonds is 5.